The van der Waals surface area contributed by atoms with Crippen molar-refractivity contribution in [2.45, 2.75) is 68.6 Å². The molecule has 0 spiro atoms. The maximum absolute atomic E-state index is 16.0. The molecule has 8 rings (SSSR count). The van der Waals surface area contributed by atoms with Crippen LogP contribution in [-0.4, -0.2) is 32.8 Å². The molecule has 3 aliphatic rings. The van der Waals surface area contributed by atoms with Crippen molar-refractivity contribution in [2.75, 3.05) is 11.9 Å². The fourth-order valence-corrected chi connectivity index (χ4v) is 9.68. The van der Waals surface area contributed by atoms with E-state index in [0.717, 1.165) is 66.9 Å². The van der Waals surface area contributed by atoms with Gasteiger partial charge >= 0.3 is 12.2 Å². The van der Waals surface area contributed by atoms with Gasteiger partial charge in [0.15, 0.2) is 9.92 Å². The van der Waals surface area contributed by atoms with Crippen molar-refractivity contribution in [3.05, 3.63) is 142 Å². The first kappa shape index (κ1) is 34.0. The SMILES string of the molecule is CC1(C(F)(F)F)COc2c(S(=O)(=NC(c3ccccc3)(c3ccccc3)c3ccccc3)NC(=O)Nc3c4c(cc5c3CCC5)CCC4)cnn2C1. The average Bonchev–Trinajstić information content (AvgIpc) is 3.91. The number of nitrogens with zero attached hydrogens (tertiary/aromatic N) is 3. The lowest BCUT2D eigenvalue weighted by Gasteiger charge is -2.36. The molecule has 5 aromatic rings. The van der Waals surface area contributed by atoms with E-state index in [1.807, 2.05) is 91.0 Å². The van der Waals surface area contributed by atoms with Gasteiger partial charge in [0.25, 0.3) is 0 Å². The summed E-state index contributed by atoms with van der Waals surface area (Å²) in [5.74, 6) is -0.139. The number of rotatable bonds is 7. The summed E-state index contributed by atoms with van der Waals surface area (Å²) in [4.78, 5) is 14.2. The van der Waals surface area contributed by atoms with Crippen molar-refractivity contribution in [3.8, 4) is 5.88 Å². The van der Waals surface area contributed by atoms with Gasteiger partial charge < -0.3 is 10.1 Å². The molecular formula is C40H38F3N5O3S. The predicted octanol–water partition coefficient (Wildman–Crippen LogP) is 8.38. The molecule has 0 saturated carbocycles. The minimum Gasteiger partial charge on any atom is -0.476 e. The van der Waals surface area contributed by atoms with Gasteiger partial charge in [-0.3, -0.25) is 0 Å². The van der Waals surface area contributed by atoms with Gasteiger partial charge in [0.2, 0.25) is 5.88 Å². The second-order valence-electron chi connectivity index (χ2n) is 14.0. The summed E-state index contributed by atoms with van der Waals surface area (Å²) in [6.45, 7) is -0.218. The van der Waals surface area contributed by atoms with Crippen LogP contribution in [0.1, 0.15) is 58.7 Å². The fourth-order valence-electron chi connectivity index (χ4n) is 7.83. The first-order valence-corrected chi connectivity index (χ1v) is 19.0. The van der Waals surface area contributed by atoms with Crippen molar-refractivity contribution < 1.29 is 26.9 Å². The number of aromatic nitrogens is 2. The van der Waals surface area contributed by atoms with Gasteiger partial charge in [-0.05, 0) is 84.4 Å². The summed E-state index contributed by atoms with van der Waals surface area (Å²) in [6, 6.07) is 29.5. The molecule has 1 aromatic heterocycles. The third-order valence-corrected chi connectivity index (χ3v) is 12.4. The number of hydrogen-bond donors (Lipinski definition) is 2. The molecule has 1 aliphatic heterocycles. The zero-order valence-electron chi connectivity index (χ0n) is 28.6. The third-order valence-electron chi connectivity index (χ3n) is 10.6. The fraction of sp³-hybridized carbons (Fsp3) is 0.300. The van der Waals surface area contributed by atoms with Gasteiger partial charge in [0.1, 0.15) is 22.5 Å². The number of fused-ring (bicyclic) bond motifs is 3. The second kappa shape index (κ2) is 12.8. The van der Waals surface area contributed by atoms with E-state index in [9.17, 15) is 18.0 Å². The molecule has 2 N–H and O–H groups in total. The zero-order valence-corrected chi connectivity index (χ0v) is 29.4. The number of ether oxygens (including phenoxy) is 1. The minimum atomic E-state index is -4.58. The first-order valence-electron chi connectivity index (χ1n) is 17.5. The topological polar surface area (TPSA) is 97.6 Å². The van der Waals surface area contributed by atoms with Gasteiger partial charge in [-0.15, -0.1) is 0 Å². The number of aryl methyl sites for hydroxylation is 2. The molecular weight excluding hydrogens is 688 g/mol. The Morgan fingerprint density at radius 2 is 1.37 bits per heavy atom. The number of anilines is 1. The molecule has 2 amide bonds. The number of carbonyl (C=O) groups is 1. The number of alkyl halides is 3. The number of nitrogens with one attached hydrogen (secondary N) is 2. The molecule has 0 saturated heterocycles. The van der Waals surface area contributed by atoms with E-state index in [2.05, 4.69) is 21.2 Å². The number of carbonyl (C=O) groups excluding carboxylic acids is 1. The van der Waals surface area contributed by atoms with E-state index in [1.165, 1.54) is 17.3 Å². The van der Waals surface area contributed by atoms with Gasteiger partial charge in [0, 0.05) is 5.69 Å². The van der Waals surface area contributed by atoms with Gasteiger partial charge in [-0.25, -0.2) is 18.4 Å². The maximum Gasteiger partial charge on any atom is 0.399 e. The van der Waals surface area contributed by atoms with E-state index >= 15 is 4.21 Å². The highest BCUT2D eigenvalue weighted by Crippen LogP contribution is 2.47. The quantitative estimate of drug-likeness (QED) is 0.165. The number of benzene rings is 4. The van der Waals surface area contributed by atoms with E-state index in [1.54, 1.807) is 0 Å². The summed E-state index contributed by atoms with van der Waals surface area (Å²) < 4.78 is 73.3. The summed E-state index contributed by atoms with van der Waals surface area (Å²) in [6.07, 6.45) is 2.06. The molecule has 268 valence electrons. The number of hydrogen-bond acceptors (Lipinski definition) is 5. The van der Waals surface area contributed by atoms with Crippen LogP contribution in [0.4, 0.5) is 23.7 Å². The van der Waals surface area contributed by atoms with Crippen LogP contribution in [0.5, 0.6) is 5.88 Å². The lowest BCUT2D eigenvalue weighted by Crippen LogP contribution is -2.47. The highest BCUT2D eigenvalue weighted by molar-refractivity contribution is 7.92. The van der Waals surface area contributed by atoms with Crippen molar-refractivity contribution in [1.82, 2.24) is 14.5 Å². The Hall–Kier alpha value is -5.10. The Labute approximate surface area is 300 Å². The number of amides is 2. The molecule has 2 heterocycles. The maximum atomic E-state index is 16.0. The zero-order chi connectivity index (χ0) is 36.1. The average molecular weight is 726 g/mol. The van der Waals surface area contributed by atoms with Gasteiger partial charge in [-0.1, -0.05) is 97.1 Å². The Kier molecular flexibility index (Phi) is 8.40. The molecule has 2 unspecified atom stereocenters. The second-order valence-corrected chi connectivity index (χ2v) is 15.9. The van der Waals surface area contributed by atoms with Crippen molar-refractivity contribution in [2.24, 2.45) is 9.78 Å². The van der Waals surface area contributed by atoms with Crippen LogP contribution in [0, 0.1) is 5.41 Å². The molecule has 4 aromatic carbocycles. The van der Waals surface area contributed by atoms with Crippen LogP contribution in [0.3, 0.4) is 0 Å². The van der Waals surface area contributed by atoms with Crippen molar-refractivity contribution in [1.29, 1.82) is 0 Å². The highest BCUT2D eigenvalue weighted by Gasteiger charge is 2.55. The molecule has 2 atom stereocenters. The smallest absolute Gasteiger partial charge is 0.399 e. The molecule has 2 aliphatic carbocycles. The third kappa shape index (κ3) is 5.73. The van der Waals surface area contributed by atoms with Crippen molar-refractivity contribution >= 4 is 21.6 Å². The number of urea groups is 1. The Bertz CT molecular complexity index is 2140. The Morgan fingerprint density at radius 1 is 0.846 bits per heavy atom. The van der Waals surface area contributed by atoms with Crippen LogP contribution >= 0.6 is 0 Å². The van der Waals surface area contributed by atoms with Crippen LogP contribution in [0.2, 0.25) is 0 Å². The number of halogens is 3. The van der Waals surface area contributed by atoms with Crippen LogP contribution in [-0.2, 0) is 47.7 Å². The molecule has 0 fully saturated rings. The largest absolute Gasteiger partial charge is 0.476 e. The van der Waals surface area contributed by atoms with E-state index in [4.69, 9.17) is 9.10 Å². The standard InChI is InChI=1S/C40H38F3N5O3S/c1-38(40(41,42)43)25-48-36(51-26-38)34(24-44-48)52(50,46-37(49)45-35-32-21-11-13-27(32)23-28-14-12-22-33(28)35)47-39(29-15-5-2-6-16-29,30-17-7-3-8-18-30)31-19-9-4-10-20-31/h2-10,15-20,23-24H,11-14,21-22,25-26H2,1H3,(H2,45,46,47,49,50). The van der Waals surface area contributed by atoms with Crippen LogP contribution < -0.4 is 14.8 Å². The van der Waals surface area contributed by atoms with Crippen LogP contribution in [0.25, 0.3) is 0 Å². The summed E-state index contributed by atoms with van der Waals surface area (Å²) in [5.41, 5.74) is 3.63. The molecule has 12 heteroatoms. The molecule has 0 bridgehead atoms. The van der Waals surface area contributed by atoms with Crippen molar-refractivity contribution in [3.63, 3.8) is 0 Å². The monoisotopic (exact) mass is 725 g/mol. The minimum absolute atomic E-state index is 0.123. The van der Waals surface area contributed by atoms with E-state index in [-0.39, 0.29) is 10.8 Å². The lowest BCUT2D eigenvalue weighted by atomic mass is 9.78. The predicted molar refractivity (Wildman–Crippen MR) is 193 cm³/mol. The molecule has 52 heavy (non-hydrogen) atoms. The summed E-state index contributed by atoms with van der Waals surface area (Å²) in [7, 11) is -4.11. The summed E-state index contributed by atoms with van der Waals surface area (Å²) in [5, 5.41) is 7.32. The molecule has 0 radical (unpaired) electrons. The first-order chi connectivity index (χ1) is 25.0. The normalized spacial score (nSPS) is 19.1. The van der Waals surface area contributed by atoms with Gasteiger partial charge in [-0.2, -0.15) is 22.6 Å². The van der Waals surface area contributed by atoms with E-state index < -0.39 is 46.2 Å². The van der Waals surface area contributed by atoms with Gasteiger partial charge in [0.05, 0.1) is 12.7 Å². The Balaban J connectivity index is 1.34. The van der Waals surface area contributed by atoms with E-state index in [0.29, 0.717) is 16.7 Å². The lowest BCUT2D eigenvalue weighted by molar-refractivity contribution is -0.238. The summed E-state index contributed by atoms with van der Waals surface area (Å²) >= 11 is 0. The molecule has 8 nitrogen and oxygen atoms in total. The highest BCUT2D eigenvalue weighted by atomic mass is 32.2. The van der Waals surface area contributed by atoms with Crippen LogP contribution in [0.15, 0.2) is 113 Å². The Morgan fingerprint density at radius 3 is 1.87 bits per heavy atom.